The van der Waals surface area contributed by atoms with Crippen LogP contribution in [0, 0.1) is 11.3 Å². The lowest BCUT2D eigenvalue weighted by atomic mass is 9.77. The van der Waals surface area contributed by atoms with E-state index in [4.69, 9.17) is 9.84 Å². The summed E-state index contributed by atoms with van der Waals surface area (Å²) in [6.45, 7) is 4.84. The predicted molar refractivity (Wildman–Crippen MR) is 96.7 cm³/mol. The van der Waals surface area contributed by atoms with E-state index in [-0.39, 0.29) is 19.6 Å². The van der Waals surface area contributed by atoms with Crippen LogP contribution in [0.4, 0.5) is 0 Å². The maximum absolute atomic E-state index is 12.6. The third kappa shape index (κ3) is 6.36. The number of aliphatic hydroxyl groups is 4. The van der Waals surface area contributed by atoms with Gasteiger partial charge in [0.25, 0.3) is 0 Å². The van der Waals surface area contributed by atoms with Crippen LogP contribution in [0.15, 0.2) is 12.2 Å². The molecule has 1 saturated carbocycles. The fraction of sp³-hybridized carbons (Fsp3) is 0.789. The number of ether oxygens (including phenoxy) is 2. The average Bonchev–Trinajstić information content (AvgIpc) is 2.87. The molecule has 0 spiro atoms. The monoisotopic (exact) mass is 388 g/mol. The molecule has 5 unspecified atom stereocenters. The fourth-order valence-electron chi connectivity index (χ4n) is 3.20. The van der Waals surface area contributed by atoms with Crippen LogP contribution in [-0.2, 0) is 19.1 Å². The average molecular weight is 388 g/mol. The van der Waals surface area contributed by atoms with Gasteiger partial charge in [0.1, 0.15) is 11.7 Å². The first-order chi connectivity index (χ1) is 12.5. The van der Waals surface area contributed by atoms with E-state index in [0.717, 1.165) is 0 Å². The van der Waals surface area contributed by atoms with Gasteiger partial charge in [-0.15, -0.1) is 0 Å². The molecule has 8 nitrogen and oxygen atoms in total. The normalized spacial score (nSPS) is 28.3. The number of rotatable bonds is 9. The number of hydrogen-bond donors (Lipinski definition) is 4. The summed E-state index contributed by atoms with van der Waals surface area (Å²) in [4.78, 5) is 24.1. The highest BCUT2D eigenvalue weighted by atomic mass is 16.5. The van der Waals surface area contributed by atoms with Gasteiger partial charge in [-0.3, -0.25) is 9.59 Å². The van der Waals surface area contributed by atoms with Gasteiger partial charge in [0.2, 0.25) is 0 Å². The topological polar surface area (TPSA) is 134 Å². The van der Waals surface area contributed by atoms with Gasteiger partial charge in [-0.1, -0.05) is 32.9 Å². The molecule has 27 heavy (non-hydrogen) atoms. The van der Waals surface area contributed by atoms with Crippen LogP contribution in [0.25, 0.3) is 0 Å². The SMILES string of the molecule is COC(=O)CC(O)(C/C=C/COC1CC(CO)C(O)C1O)C(=O)C(C)(C)C. The third-order valence-corrected chi connectivity index (χ3v) is 4.78. The van der Waals surface area contributed by atoms with Crippen molar-refractivity contribution in [3.05, 3.63) is 12.2 Å². The summed E-state index contributed by atoms with van der Waals surface area (Å²) in [5.41, 5.74) is -2.72. The molecule has 8 heteroatoms. The summed E-state index contributed by atoms with van der Waals surface area (Å²) in [6, 6.07) is 0. The smallest absolute Gasteiger partial charge is 0.308 e. The van der Waals surface area contributed by atoms with Crippen LogP contribution >= 0.6 is 0 Å². The molecule has 1 rings (SSSR count). The van der Waals surface area contributed by atoms with Crippen molar-refractivity contribution in [3.8, 4) is 0 Å². The molecule has 156 valence electrons. The van der Waals surface area contributed by atoms with Gasteiger partial charge in [0.05, 0.1) is 32.3 Å². The number of hydrogen-bond acceptors (Lipinski definition) is 8. The second-order valence-electron chi connectivity index (χ2n) is 8.07. The zero-order valence-electron chi connectivity index (χ0n) is 16.4. The van der Waals surface area contributed by atoms with E-state index < -0.39 is 53.4 Å². The quantitative estimate of drug-likeness (QED) is 0.319. The number of esters is 1. The molecule has 1 fully saturated rings. The Kier molecular flexibility index (Phi) is 8.56. The highest BCUT2D eigenvalue weighted by Gasteiger charge is 2.43. The first-order valence-electron chi connectivity index (χ1n) is 9.04. The number of ketones is 1. The number of aliphatic hydroxyl groups excluding tert-OH is 3. The van der Waals surface area contributed by atoms with Crippen LogP contribution in [0.5, 0.6) is 0 Å². The van der Waals surface area contributed by atoms with Crippen molar-refractivity contribution in [1.29, 1.82) is 0 Å². The van der Waals surface area contributed by atoms with Gasteiger partial charge in [-0.25, -0.2) is 0 Å². The molecule has 5 atom stereocenters. The predicted octanol–water partition coefficient (Wildman–Crippen LogP) is -0.0387. The van der Waals surface area contributed by atoms with Crippen molar-refractivity contribution in [1.82, 2.24) is 0 Å². The largest absolute Gasteiger partial charge is 0.469 e. The second kappa shape index (κ2) is 9.75. The summed E-state index contributed by atoms with van der Waals surface area (Å²) in [7, 11) is 1.19. The lowest BCUT2D eigenvalue weighted by Crippen LogP contribution is -2.46. The van der Waals surface area contributed by atoms with E-state index in [1.807, 2.05) is 0 Å². The van der Waals surface area contributed by atoms with Gasteiger partial charge in [0.15, 0.2) is 5.78 Å². The van der Waals surface area contributed by atoms with Crippen molar-refractivity contribution in [2.75, 3.05) is 20.3 Å². The molecular weight excluding hydrogens is 356 g/mol. The molecule has 1 aliphatic carbocycles. The van der Waals surface area contributed by atoms with Gasteiger partial charge >= 0.3 is 5.97 Å². The fourth-order valence-corrected chi connectivity index (χ4v) is 3.20. The molecule has 0 aromatic carbocycles. The molecule has 4 N–H and O–H groups in total. The third-order valence-electron chi connectivity index (χ3n) is 4.78. The molecule has 0 aromatic heterocycles. The Bertz CT molecular complexity index is 538. The van der Waals surface area contributed by atoms with Crippen molar-refractivity contribution >= 4 is 11.8 Å². The lowest BCUT2D eigenvalue weighted by molar-refractivity contribution is -0.157. The van der Waals surface area contributed by atoms with Crippen molar-refractivity contribution in [2.45, 2.75) is 63.9 Å². The zero-order chi connectivity index (χ0) is 20.8. The molecule has 0 aromatic rings. The molecule has 0 heterocycles. The van der Waals surface area contributed by atoms with Crippen LogP contribution in [-0.4, -0.2) is 76.4 Å². The molecule has 0 radical (unpaired) electrons. The lowest BCUT2D eigenvalue weighted by Gasteiger charge is -2.31. The molecule has 0 amide bonds. The molecule has 0 saturated heterocycles. The van der Waals surface area contributed by atoms with E-state index in [1.165, 1.54) is 13.2 Å². The van der Waals surface area contributed by atoms with E-state index in [1.54, 1.807) is 26.8 Å². The number of carbonyl (C=O) groups is 2. The Morgan fingerprint density at radius 2 is 1.78 bits per heavy atom. The molecule has 1 aliphatic rings. The van der Waals surface area contributed by atoms with Crippen molar-refractivity contribution in [2.24, 2.45) is 11.3 Å². The Labute approximate surface area is 159 Å². The summed E-state index contributed by atoms with van der Waals surface area (Å²) in [6.07, 6.45) is 0.200. The summed E-state index contributed by atoms with van der Waals surface area (Å²) >= 11 is 0. The van der Waals surface area contributed by atoms with E-state index in [0.29, 0.717) is 6.42 Å². The molecule has 0 aliphatic heterocycles. The van der Waals surface area contributed by atoms with Gasteiger partial charge in [0, 0.05) is 24.4 Å². The Morgan fingerprint density at radius 3 is 2.26 bits per heavy atom. The van der Waals surface area contributed by atoms with Crippen LogP contribution in [0.2, 0.25) is 0 Å². The van der Waals surface area contributed by atoms with E-state index in [9.17, 15) is 24.9 Å². The standard InChI is InChI=1S/C19H32O8/c1-18(2,3)17(24)19(25,10-14(21)26-4)7-5-6-8-27-13-9-12(11-20)15(22)16(13)23/h5-6,12-13,15-16,20,22-23,25H,7-11H2,1-4H3/b6-5+. The summed E-state index contributed by atoms with van der Waals surface area (Å²) in [5.74, 6) is -1.58. The highest BCUT2D eigenvalue weighted by molar-refractivity contribution is 5.94. The number of Topliss-reactive ketones (excluding diaryl/α,β-unsaturated/α-hetero) is 1. The first kappa shape index (κ1) is 23.7. The summed E-state index contributed by atoms with van der Waals surface area (Å²) < 4.78 is 10.1. The minimum absolute atomic E-state index is 0.0866. The van der Waals surface area contributed by atoms with Gasteiger partial charge in [-0.05, 0) is 6.42 Å². The van der Waals surface area contributed by atoms with E-state index >= 15 is 0 Å². The maximum Gasteiger partial charge on any atom is 0.308 e. The van der Waals surface area contributed by atoms with E-state index in [2.05, 4.69) is 4.74 Å². The maximum atomic E-state index is 12.6. The summed E-state index contributed by atoms with van der Waals surface area (Å²) in [5, 5.41) is 39.5. The van der Waals surface area contributed by atoms with Crippen LogP contribution < -0.4 is 0 Å². The Morgan fingerprint density at radius 1 is 1.15 bits per heavy atom. The first-order valence-corrected chi connectivity index (χ1v) is 9.04. The minimum atomic E-state index is -1.88. The van der Waals surface area contributed by atoms with Crippen LogP contribution in [0.1, 0.15) is 40.0 Å². The molecular formula is C19H32O8. The Hall–Kier alpha value is -1.32. The minimum Gasteiger partial charge on any atom is -0.469 e. The Balaban J connectivity index is 2.65. The van der Waals surface area contributed by atoms with Gasteiger partial charge < -0.3 is 29.9 Å². The van der Waals surface area contributed by atoms with Crippen LogP contribution in [0.3, 0.4) is 0 Å². The second-order valence-corrected chi connectivity index (χ2v) is 8.07. The highest BCUT2D eigenvalue weighted by Crippen LogP contribution is 2.30. The number of methoxy groups -OCH3 is 1. The number of carbonyl (C=O) groups excluding carboxylic acids is 2. The molecule has 0 bridgehead atoms. The zero-order valence-corrected chi connectivity index (χ0v) is 16.4. The van der Waals surface area contributed by atoms with Crippen molar-refractivity contribution < 1.29 is 39.5 Å². The van der Waals surface area contributed by atoms with Crippen molar-refractivity contribution in [3.63, 3.8) is 0 Å². The van der Waals surface area contributed by atoms with Gasteiger partial charge in [-0.2, -0.15) is 0 Å².